The lowest BCUT2D eigenvalue weighted by Crippen LogP contribution is -1.85. The number of nitrogens with zero attached hydrogens (tertiary/aromatic N) is 1. The number of rotatable bonds is 3. The fourth-order valence-electron chi connectivity index (χ4n) is 0.621. The van der Waals surface area contributed by atoms with Gasteiger partial charge in [-0.1, -0.05) is 16.8 Å². The molecule has 4 nitrogen and oxygen atoms in total. The highest BCUT2D eigenvalue weighted by atomic mass is 35.5. The molecule has 60 valence electrons. The van der Waals surface area contributed by atoms with Gasteiger partial charge in [-0.15, -0.1) is 0 Å². The van der Waals surface area contributed by atoms with Gasteiger partial charge in [0.25, 0.3) is 0 Å². The van der Waals surface area contributed by atoms with Crippen LogP contribution in [0, 0.1) is 0 Å². The van der Waals surface area contributed by atoms with Crippen molar-refractivity contribution in [3.05, 3.63) is 16.5 Å². The van der Waals surface area contributed by atoms with Crippen LogP contribution in [0.5, 0.6) is 0 Å². The van der Waals surface area contributed by atoms with Crippen LogP contribution in [-0.2, 0) is 11.3 Å². The normalized spacial score (nSPS) is 10.0. The fourth-order valence-corrected chi connectivity index (χ4v) is 0.789. The van der Waals surface area contributed by atoms with E-state index in [4.69, 9.17) is 16.3 Å². The van der Waals surface area contributed by atoms with Gasteiger partial charge in [-0.2, -0.15) is 0 Å². The Labute approximate surface area is 68.1 Å². The number of carbonyl (C=O) groups is 1. The van der Waals surface area contributed by atoms with E-state index in [9.17, 15) is 4.79 Å². The summed E-state index contributed by atoms with van der Waals surface area (Å²) in [6, 6.07) is 0. The average molecular weight is 176 g/mol. The second kappa shape index (κ2) is 3.50. The number of carbonyl (C=O) groups excluding carboxylic acids is 1. The highest BCUT2D eigenvalue weighted by molar-refractivity contribution is 6.33. The van der Waals surface area contributed by atoms with Gasteiger partial charge in [-0.05, 0) is 0 Å². The van der Waals surface area contributed by atoms with Crippen molar-refractivity contribution in [1.29, 1.82) is 0 Å². The Hall–Kier alpha value is -0.870. The van der Waals surface area contributed by atoms with Gasteiger partial charge >= 0.3 is 0 Å². The lowest BCUT2D eigenvalue weighted by molar-refractivity contribution is 0.111. The molecule has 0 aliphatic rings. The summed E-state index contributed by atoms with van der Waals surface area (Å²) in [4.78, 5) is 10.2. The zero-order valence-electron chi connectivity index (χ0n) is 5.83. The van der Waals surface area contributed by atoms with Crippen molar-refractivity contribution in [2.45, 2.75) is 6.61 Å². The van der Waals surface area contributed by atoms with Crippen LogP contribution in [-0.4, -0.2) is 18.6 Å². The van der Waals surface area contributed by atoms with Crippen LogP contribution in [0.1, 0.15) is 16.2 Å². The first-order chi connectivity index (χ1) is 5.29. The van der Waals surface area contributed by atoms with Crippen molar-refractivity contribution >= 4 is 17.9 Å². The topological polar surface area (TPSA) is 52.3 Å². The lowest BCUT2D eigenvalue weighted by Gasteiger charge is -1.90. The Morgan fingerprint density at radius 1 is 1.82 bits per heavy atom. The van der Waals surface area contributed by atoms with Gasteiger partial charge in [0.05, 0.1) is 0 Å². The Balaban J connectivity index is 2.90. The Bertz CT molecular complexity index is 258. The summed E-state index contributed by atoms with van der Waals surface area (Å²) in [6.07, 6.45) is 0.533. The number of hydrogen-bond acceptors (Lipinski definition) is 4. The van der Waals surface area contributed by atoms with Gasteiger partial charge in [-0.3, -0.25) is 4.79 Å². The highest BCUT2D eigenvalue weighted by Crippen LogP contribution is 2.19. The fraction of sp³-hybridized carbons (Fsp3) is 0.333. The van der Waals surface area contributed by atoms with Crippen LogP contribution in [0.15, 0.2) is 4.52 Å². The van der Waals surface area contributed by atoms with E-state index in [0.717, 1.165) is 0 Å². The molecule has 0 saturated heterocycles. The molecule has 0 bridgehead atoms. The minimum atomic E-state index is 0.110. The van der Waals surface area contributed by atoms with Crippen LogP contribution in [0.3, 0.4) is 0 Å². The van der Waals surface area contributed by atoms with E-state index in [-0.39, 0.29) is 17.3 Å². The van der Waals surface area contributed by atoms with E-state index in [1.165, 1.54) is 7.11 Å². The van der Waals surface area contributed by atoms with E-state index in [1.807, 2.05) is 0 Å². The third kappa shape index (κ3) is 1.58. The van der Waals surface area contributed by atoms with E-state index in [0.29, 0.717) is 12.0 Å². The first kappa shape index (κ1) is 8.23. The van der Waals surface area contributed by atoms with Crippen LogP contribution >= 0.6 is 11.6 Å². The molecule has 0 aliphatic carbocycles. The number of aromatic nitrogens is 1. The number of halogens is 1. The molecule has 1 rings (SSSR count). The van der Waals surface area contributed by atoms with E-state index < -0.39 is 0 Å². The molecule has 0 unspecified atom stereocenters. The first-order valence-electron chi connectivity index (χ1n) is 2.87. The summed E-state index contributed by atoms with van der Waals surface area (Å²) in [5.41, 5.74) is 0.110. The minimum Gasteiger partial charge on any atom is -0.377 e. The average Bonchev–Trinajstić information content (AvgIpc) is 2.34. The summed E-state index contributed by atoms with van der Waals surface area (Å²) >= 11 is 5.64. The van der Waals surface area contributed by atoms with Gasteiger partial charge in [-0.25, -0.2) is 0 Å². The van der Waals surface area contributed by atoms with E-state index >= 15 is 0 Å². The Morgan fingerprint density at radius 2 is 2.55 bits per heavy atom. The maximum atomic E-state index is 10.2. The molecule has 0 spiro atoms. The largest absolute Gasteiger partial charge is 0.377 e. The molecule has 0 radical (unpaired) electrons. The van der Waals surface area contributed by atoms with E-state index in [2.05, 4.69) is 9.68 Å². The van der Waals surface area contributed by atoms with Gasteiger partial charge in [0.15, 0.2) is 17.7 Å². The second-order valence-electron chi connectivity index (χ2n) is 1.86. The summed E-state index contributed by atoms with van der Waals surface area (Å²) in [5, 5.41) is 3.62. The quantitative estimate of drug-likeness (QED) is 0.650. The third-order valence-corrected chi connectivity index (χ3v) is 1.52. The van der Waals surface area contributed by atoms with Crippen molar-refractivity contribution < 1.29 is 14.1 Å². The van der Waals surface area contributed by atoms with Crippen molar-refractivity contribution in [1.82, 2.24) is 5.16 Å². The zero-order valence-corrected chi connectivity index (χ0v) is 6.59. The molecule has 0 atom stereocenters. The van der Waals surface area contributed by atoms with Gasteiger partial charge in [0.1, 0.15) is 11.6 Å². The molecule has 0 aliphatic heterocycles. The Morgan fingerprint density at radius 3 is 3.00 bits per heavy atom. The van der Waals surface area contributed by atoms with Crippen molar-refractivity contribution in [2.24, 2.45) is 0 Å². The van der Waals surface area contributed by atoms with Crippen molar-refractivity contribution in [3.63, 3.8) is 0 Å². The molecule has 0 saturated carbocycles. The third-order valence-electron chi connectivity index (χ3n) is 1.11. The second-order valence-corrected chi connectivity index (χ2v) is 2.23. The molecule has 1 aromatic heterocycles. The molecular formula is C6H6ClNO3. The maximum absolute atomic E-state index is 10.2. The van der Waals surface area contributed by atoms with Crippen molar-refractivity contribution in [2.75, 3.05) is 7.11 Å². The summed E-state index contributed by atoms with van der Waals surface area (Å²) in [6.45, 7) is 0.222. The monoisotopic (exact) mass is 175 g/mol. The molecule has 0 fully saturated rings. The predicted molar refractivity (Wildman–Crippen MR) is 37.6 cm³/mol. The van der Waals surface area contributed by atoms with Gasteiger partial charge in [0, 0.05) is 7.11 Å². The molecule has 1 aromatic rings. The van der Waals surface area contributed by atoms with Crippen LogP contribution in [0.4, 0.5) is 0 Å². The highest BCUT2D eigenvalue weighted by Gasteiger charge is 2.11. The number of aldehydes is 1. The molecule has 1 heterocycles. The summed E-state index contributed by atoms with van der Waals surface area (Å²) in [5.74, 6) is 0.372. The minimum absolute atomic E-state index is 0.110. The van der Waals surface area contributed by atoms with Crippen molar-refractivity contribution in [3.8, 4) is 0 Å². The zero-order chi connectivity index (χ0) is 8.27. The summed E-state index contributed by atoms with van der Waals surface area (Å²) in [7, 11) is 1.50. The Kier molecular flexibility index (Phi) is 2.62. The van der Waals surface area contributed by atoms with Gasteiger partial charge < -0.3 is 9.26 Å². The molecular weight excluding hydrogens is 170 g/mol. The first-order valence-corrected chi connectivity index (χ1v) is 3.25. The smallest absolute Gasteiger partial charge is 0.181 e. The standard InChI is InChI=1S/C6H6ClNO3/c1-10-3-5-6(7)4(2-9)8-11-5/h2H,3H2,1H3. The SMILES string of the molecule is COCc1onc(C=O)c1Cl. The number of methoxy groups -OCH3 is 1. The predicted octanol–water partition coefficient (Wildman–Crippen LogP) is 1.29. The van der Waals surface area contributed by atoms with Crippen LogP contribution < -0.4 is 0 Å². The lowest BCUT2D eigenvalue weighted by atomic mass is 10.4. The molecule has 11 heavy (non-hydrogen) atoms. The molecule has 0 aromatic carbocycles. The van der Waals surface area contributed by atoms with Crippen LogP contribution in [0.25, 0.3) is 0 Å². The van der Waals surface area contributed by atoms with E-state index in [1.54, 1.807) is 0 Å². The maximum Gasteiger partial charge on any atom is 0.181 e. The summed E-state index contributed by atoms with van der Waals surface area (Å²) < 4.78 is 9.42. The number of ether oxygens (including phenoxy) is 1. The molecule has 5 heteroatoms. The number of hydrogen-bond donors (Lipinski definition) is 0. The molecule has 0 amide bonds. The van der Waals surface area contributed by atoms with Crippen LogP contribution in [0.2, 0.25) is 5.02 Å². The van der Waals surface area contributed by atoms with Gasteiger partial charge in [0.2, 0.25) is 0 Å². The molecule has 0 N–H and O–H groups in total.